The van der Waals surface area contributed by atoms with E-state index in [1.807, 2.05) is 0 Å². The van der Waals surface area contributed by atoms with E-state index < -0.39 is 6.10 Å². The first kappa shape index (κ1) is 55.4. The van der Waals surface area contributed by atoms with Crippen molar-refractivity contribution in [1.82, 2.24) is 0 Å². The molecule has 0 aromatic carbocycles. The average molecular weight is 813 g/mol. The highest BCUT2D eigenvalue weighted by Gasteiger charge is 2.19. The number of hydrogen-bond acceptors (Lipinski definition) is 6. The Balaban J connectivity index is 4.30. The molecule has 0 bridgehead atoms. The quantitative estimate of drug-likeness (QED) is 0.0264. The maximum atomic E-state index is 12.7. The minimum atomic E-state index is -0.799. The van der Waals surface area contributed by atoms with Crippen molar-refractivity contribution in [3.8, 4) is 0 Å². The van der Waals surface area contributed by atoms with Gasteiger partial charge in [-0.15, -0.1) is 0 Å². The second-order valence-corrected chi connectivity index (χ2v) is 16.3. The van der Waals surface area contributed by atoms with Crippen molar-refractivity contribution < 1.29 is 28.6 Å². The van der Waals surface area contributed by atoms with Gasteiger partial charge < -0.3 is 14.2 Å². The van der Waals surface area contributed by atoms with Gasteiger partial charge in [-0.1, -0.05) is 204 Å². The van der Waals surface area contributed by atoms with Crippen LogP contribution in [0.1, 0.15) is 245 Å². The van der Waals surface area contributed by atoms with Gasteiger partial charge in [0.1, 0.15) is 13.2 Å². The summed E-state index contributed by atoms with van der Waals surface area (Å²) in [6.07, 6.45) is 55.5. The van der Waals surface area contributed by atoms with Gasteiger partial charge >= 0.3 is 17.9 Å². The third-order valence-electron chi connectivity index (χ3n) is 10.6. The van der Waals surface area contributed by atoms with Crippen molar-refractivity contribution >= 4 is 17.9 Å². The van der Waals surface area contributed by atoms with Gasteiger partial charge in [0.25, 0.3) is 0 Å². The number of hydrogen-bond donors (Lipinski definition) is 0. The topological polar surface area (TPSA) is 78.9 Å². The Labute approximate surface area is 358 Å². The lowest BCUT2D eigenvalue weighted by atomic mass is 10.0. The number of ether oxygens (including phenoxy) is 3. The Hall–Kier alpha value is -2.63. The summed E-state index contributed by atoms with van der Waals surface area (Å²) < 4.78 is 16.7. The first-order valence-electron chi connectivity index (χ1n) is 24.6. The van der Waals surface area contributed by atoms with E-state index in [0.717, 1.165) is 64.2 Å². The van der Waals surface area contributed by atoms with E-state index in [0.29, 0.717) is 25.7 Å². The standard InChI is InChI=1S/C52H92O6/c1-4-7-10-13-16-19-21-23-24-25-26-27-28-29-31-33-36-39-42-45-51(54)57-48-49(47-56-50(53)44-41-38-35-32-18-15-12-9-6-3)58-52(55)46-43-40-37-34-30-22-20-17-14-11-8-5-2/h8,11,17,20,30,32,34-35,49H,4-7,9-10,12-16,18-19,21-29,31,33,36-48H2,1-3H3/b11-8-,20-17-,34-30-,35-32-. The highest BCUT2D eigenvalue weighted by Crippen LogP contribution is 2.15. The molecule has 336 valence electrons. The zero-order chi connectivity index (χ0) is 42.3. The predicted octanol–water partition coefficient (Wildman–Crippen LogP) is 15.9. The molecular formula is C52H92O6. The maximum absolute atomic E-state index is 12.7. The smallest absolute Gasteiger partial charge is 0.306 e. The Morgan fingerprint density at radius 2 is 0.690 bits per heavy atom. The van der Waals surface area contributed by atoms with E-state index in [1.165, 1.54) is 128 Å². The highest BCUT2D eigenvalue weighted by atomic mass is 16.6. The van der Waals surface area contributed by atoms with Crippen LogP contribution < -0.4 is 0 Å². The summed E-state index contributed by atoms with van der Waals surface area (Å²) >= 11 is 0. The van der Waals surface area contributed by atoms with Crippen LogP contribution in [-0.4, -0.2) is 37.2 Å². The van der Waals surface area contributed by atoms with Crippen LogP contribution in [0.4, 0.5) is 0 Å². The molecule has 0 aliphatic rings. The largest absolute Gasteiger partial charge is 0.462 e. The van der Waals surface area contributed by atoms with Crippen molar-refractivity contribution in [3.05, 3.63) is 48.6 Å². The van der Waals surface area contributed by atoms with Gasteiger partial charge in [0.15, 0.2) is 6.10 Å². The number of carbonyl (C=O) groups is 3. The van der Waals surface area contributed by atoms with Gasteiger partial charge in [-0.25, -0.2) is 0 Å². The normalized spacial score (nSPS) is 12.4. The Bertz CT molecular complexity index is 1030. The van der Waals surface area contributed by atoms with Crippen molar-refractivity contribution in [2.45, 2.75) is 252 Å². The van der Waals surface area contributed by atoms with E-state index in [2.05, 4.69) is 69.4 Å². The van der Waals surface area contributed by atoms with Gasteiger partial charge in [0.2, 0.25) is 0 Å². The van der Waals surface area contributed by atoms with Crippen LogP contribution in [0.5, 0.6) is 0 Å². The zero-order valence-corrected chi connectivity index (χ0v) is 38.3. The van der Waals surface area contributed by atoms with E-state index in [4.69, 9.17) is 14.2 Å². The Morgan fingerprint density at radius 1 is 0.362 bits per heavy atom. The van der Waals surface area contributed by atoms with Crippen molar-refractivity contribution in [1.29, 1.82) is 0 Å². The first-order valence-corrected chi connectivity index (χ1v) is 24.6. The number of allylic oxidation sites excluding steroid dienone is 8. The number of carbonyl (C=O) groups excluding carboxylic acids is 3. The van der Waals surface area contributed by atoms with Gasteiger partial charge in [-0.05, 0) is 70.6 Å². The molecule has 0 saturated carbocycles. The summed E-state index contributed by atoms with van der Waals surface area (Å²) in [6.45, 7) is 6.44. The molecule has 0 aromatic heterocycles. The molecule has 0 heterocycles. The monoisotopic (exact) mass is 813 g/mol. The van der Waals surface area contributed by atoms with Crippen molar-refractivity contribution in [3.63, 3.8) is 0 Å². The molecule has 0 spiro atoms. The number of esters is 3. The SMILES string of the molecule is CC/C=C\C/C=C\C/C=C\CCCCC(=O)OC(COC(=O)CCC/C=C\CCCCCC)COC(=O)CCCCCCCCCCCCCCCCCCCCC. The van der Waals surface area contributed by atoms with Gasteiger partial charge in [0.05, 0.1) is 0 Å². The highest BCUT2D eigenvalue weighted by molar-refractivity contribution is 5.71. The molecule has 58 heavy (non-hydrogen) atoms. The number of rotatable bonds is 44. The lowest BCUT2D eigenvalue weighted by Crippen LogP contribution is -2.30. The molecule has 0 rings (SSSR count). The first-order chi connectivity index (χ1) is 28.5. The summed E-state index contributed by atoms with van der Waals surface area (Å²) in [5.74, 6) is -0.969. The van der Waals surface area contributed by atoms with Crippen molar-refractivity contribution in [2.24, 2.45) is 0 Å². The van der Waals surface area contributed by atoms with E-state index >= 15 is 0 Å². The summed E-state index contributed by atoms with van der Waals surface area (Å²) in [5, 5.41) is 0. The molecule has 0 aromatic rings. The average Bonchev–Trinajstić information content (AvgIpc) is 3.22. The van der Waals surface area contributed by atoms with E-state index in [1.54, 1.807) is 0 Å². The Kier molecular flexibility index (Phi) is 44.9. The molecule has 0 radical (unpaired) electrons. The maximum Gasteiger partial charge on any atom is 0.306 e. The van der Waals surface area contributed by atoms with Crippen LogP contribution >= 0.6 is 0 Å². The third kappa shape index (κ3) is 44.5. The van der Waals surface area contributed by atoms with Crippen molar-refractivity contribution in [2.75, 3.05) is 13.2 Å². The molecule has 0 amide bonds. The molecule has 6 nitrogen and oxygen atoms in total. The van der Waals surface area contributed by atoms with Crippen LogP contribution in [0, 0.1) is 0 Å². The van der Waals surface area contributed by atoms with E-state index in [9.17, 15) is 14.4 Å². The third-order valence-corrected chi connectivity index (χ3v) is 10.6. The lowest BCUT2D eigenvalue weighted by Gasteiger charge is -2.18. The van der Waals surface area contributed by atoms with Crippen LogP contribution in [0.3, 0.4) is 0 Å². The summed E-state index contributed by atoms with van der Waals surface area (Å²) in [7, 11) is 0. The molecule has 1 unspecified atom stereocenters. The summed E-state index contributed by atoms with van der Waals surface area (Å²) in [4.78, 5) is 37.7. The van der Waals surface area contributed by atoms with Gasteiger partial charge in [-0.2, -0.15) is 0 Å². The summed E-state index contributed by atoms with van der Waals surface area (Å²) in [6, 6.07) is 0. The van der Waals surface area contributed by atoms with Crippen LogP contribution in [0.25, 0.3) is 0 Å². The fraction of sp³-hybridized carbons (Fsp3) is 0.788. The Morgan fingerprint density at radius 3 is 1.17 bits per heavy atom. The molecule has 6 heteroatoms. The molecule has 0 aliphatic heterocycles. The van der Waals surface area contributed by atoms with Crippen LogP contribution in [-0.2, 0) is 28.6 Å². The fourth-order valence-electron chi connectivity index (χ4n) is 6.87. The fourth-order valence-corrected chi connectivity index (χ4v) is 6.87. The predicted molar refractivity (Wildman–Crippen MR) is 247 cm³/mol. The van der Waals surface area contributed by atoms with Gasteiger partial charge in [-0.3, -0.25) is 14.4 Å². The number of unbranched alkanes of at least 4 members (excludes halogenated alkanes) is 25. The molecule has 0 fully saturated rings. The molecule has 0 saturated heterocycles. The molecule has 1 atom stereocenters. The van der Waals surface area contributed by atoms with Gasteiger partial charge in [0, 0.05) is 19.3 Å². The molecular weight excluding hydrogens is 721 g/mol. The second kappa shape index (κ2) is 47.1. The van der Waals surface area contributed by atoms with E-state index in [-0.39, 0.29) is 37.5 Å². The minimum absolute atomic E-state index is 0.0950. The molecule has 0 N–H and O–H groups in total. The lowest BCUT2D eigenvalue weighted by molar-refractivity contribution is -0.167. The zero-order valence-electron chi connectivity index (χ0n) is 38.3. The minimum Gasteiger partial charge on any atom is -0.462 e. The summed E-state index contributed by atoms with van der Waals surface area (Å²) in [5.41, 5.74) is 0. The second-order valence-electron chi connectivity index (χ2n) is 16.3. The van der Waals surface area contributed by atoms with Crippen LogP contribution in [0.15, 0.2) is 48.6 Å². The van der Waals surface area contributed by atoms with Crippen LogP contribution in [0.2, 0.25) is 0 Å². The molecule has 0 aliphatic carbocycles.